The molecule has 0 saturated carbocycles. The van der Waals surface area contributed by atoms with Crippen molar-refractivity contribution in [2.24, 2.45) is 11.1 Å². The van der Waals surface area contributed by atoms with Gasteiger partial charge in [-0.15, -0.1) is 0 Å². The Morgan fingerprint density at radius 3 is 2.25 bits per heavy atom. The van der Waals surface area contributed by atoms with Gasteiger partial charge in [-0.25, -0.2) is 0 Å². The molecule has 1 aromatic rings. The number of benzene rings is 1. The van der Waals surface area contributed by atoms with Crippen LogP contribution in [-0.2, 0) is 11.8 Å². The van der Waals surface area contributed by atoms with E-state index in [2.05, 4.69) is 65.0 Å². The predicted octanol–water partition coefficient (Wildman–Crippen LogP) is 4.60. The summed E-state index contributed by atoms with van der Waals surface area (Å²) in [7, 11) is 0. The standard InChI is InChI=1S/C19H29N/c1-18(2,3)16-8-6-14(7-9-16)10-15-11-17(20)13-19(4,5)12-15/h6-9,11,17H,10,12-13,20H2,1-5H3. The second-order valence-electron chi connectivity index (χ2n) is 8.16. The van der Waals surface area contributed by atoms with Crippen molar-refractivity contribution >= 4 is 0 Å². The largest absolute Gasteiger partial charge is 0.324 e. The van der Waals surface area contributed by atoms with Crippen molar-refractivity contribution in [3.05, 3.63) is 47.0 Å². The van der Waals surface area contributed by atoms with E-state index >= 15 is 0 Å². The molecule has 1 unspecified atom stereocenters. The molecule has 1 aromatic carbocycles. The SMILES string of the molecule is CC1(C)CC(Cc2ccc(C(C)(C)C)cc2)=CC(N)C1. The summed E-state index contributed by atoms with van der Waals surface area (Å²) in [6.45, 7) is 11.4. The third-order valence-corrected chi connectivity index (χ3v) is 4.19. The molecule has 1 aliphatic carbocycles. The van der Waals surface area contributed by atoms with Crippen LogP contribution in [0, 0.1) is 5.41 Å². The summed E-state index contributed by atoms with van der Waals surface area (Å²) in [5.41, 5.74) is 11.0. The number of rotatable bonds is 2. The Bertz CT molecular complexity index is 485. The Kier molecular flexibility index (Phi) is 4.11. The lowest BCUT2D eigenvalue weighted by molar-refractivity contribution is 0.299. The summed E-state index contributed by atoms with van der Waals surface area (Å²) in [6.07, 6.45) is 5.59. The molecular formula is C19H29N. The summed E-state index contributed by atoms with van der Waals surface area (Å²) in [5.74, 6) is 0. The zero-order valence-corrected chi connectivity index (χ0v) is 13.7. The molecule has 1 aliphatic rings. The van der Waals surface area contributed by atoms with Crippen LogP contribution in [0.2, 0.25) is 0 Å². The molecule has 0 heterocycles. The molecule has 0 spiro atoms. The van der Waals surface area contributed by atoms with E-state index in [0.717, 1.165) is 12.8 Å². The van der Waals surface area contributed by atoms with E-state index in [9.17, 15) is 0 Å². The number of nitrogens with two attached hydrogens (primary N) is 1. The van der Waals surface area contributed by atoms with Crippen LogP contribution in [0.4, 0.5) is 0 Å². The Hall–Kier alpha value is -1.08. The molecule has 1 heteroatoms. The van der Waals surface area contributed by atoms with Crippen molar-refractivity contribution in [2.45, 2.75) is 65.3 Å². The Labute approximate surface area is 124 Å². The van der Waals surface area contributed by atoms with Crippen molar-refractivity contribution in [3.63, 3.8) is 0 Å². The van der Waals surface area contributed by atoms with Gasteiger partial charge in [-0.2, -0.15) is 0 Å². The van der Waals surface area contributed by atoms with Crippen LogP contribution in [0.1, 0.15) is 58.6 Å². The molecular weight excluding hydrogens is 242 g/mol. The first-order valence-corrected chi connectivity index (χ1v) is 7.70. The van der Waals surface area contributed by atoms with E-state index < -0.39 is 0 Å². The highest BCUT2D eigenvalue weighted by Crippen LogP contribution is 2.36. The van der Waals surface area contributed by atoms with E-state index in [0.29, 0.717) is 5.41 Å². The van der Waals surface area contributed by atoms with Gasteiger partial charge in [0.15, 0.2) is 0 Å². The quantitative estimate of drug-likeness (QED) is 0.782. The van der Waals surface area contributed by atoms with Crippen LogP contribution >= 0.6 is 0 Å². The summed E-state index contributed by atoms with van der Waals surface area (Å²) < 4.78 is 0. The molecule has 110 valence electrons. The van der Waals surface area contributed by atoms with Gasteiger partial charge in [0, 0.05) is 6.04 Å². The first-order valence-electron chi connectivity index (χ1n) is 7.70. The van der Waals surface area contributed by atoms with Gasteiger partial charge in [0.05, 0.1) is 0 Å². The van der Waals surface area contributed by atoms with Crippen molar-refractivity contribution in [2.75, 3.05) is 0 Å². The lowest BCUT2D eigenvalue weighted by Gasteiger charge is -2.33. The van der Waals surface area contributed by atoms with Crippen LogP contribution in [0.25, 0.3) is 0 Å². The van der Waals surface area contributed by atoms with Gasteiger partial charge in [0.2, 0.25) is 0 Å². The second-order valence-corrected chi connectivity index (χ2v) is 8.16. The van der Waals surface area contributed by atoms with Gasteiger partial charge in [0.1, 0.15) is 0 Å². The molecule has 0 bridgehead atoms. The Morgan fingerprint density at radius 1 is 1.15 bits per heavy atom. The highest BCUT2D eigenvalue weighted by atomic mass is 14.6. The van der Waals surface area contributed by atoms with E-state index in [1.807, 2.05) is 0 Å². The van der Waals surface area contributed by atoms with E-state index in [1.54, 1.807) is 0 Å². The van der Waals surface area contributed by atoms with Gasteiger partial charge >= 0.3 is 0 Å². The third kappa shape index (κ3) is 3.96. The van der Waals surface area contributed by atoms with Crippen molar-refractivity contribution in [3.8, 4) is 0 Å². The molecule has 2 N–H and O–H groups in total. The fraction of sp³-hybridized carbons (Fsp3) is 0.579. The maximum Gasteiger partial charge on any atom is 0.0231 e. The molecule has 0 aliphatic heterocycles. The highest BCUT2D eigenvalue weighted by molar-refractivity contribution is 5.31. The maximum absolute atomic E-state index is 6.16. The van der Waals surface area contributed by atoms with Crippen LogP contribution < -0.4 is 5.73 Å². The maximum atomic E-state index is 6.16. The van der Waals surface area contributed by atoms with Crippen LogP contribution in [0.3, 0.4) is 0 Å². The molecule has 1 atom stereocenters. The van der Waals surface area contributed by atoms with Crippen LogP contribution in [-0.4, -0.2) is 6.04 Å². The monoisotopic (exact) mass is 271 g/mol. The minimum absolute atomic E-state index is 0.225. The van der Waals surface area contributed by atoms with Crippen molar-refractivity contribution in [1.82, 2.24) is 0 Å². The zero-order valence-electron chi connectivity index (χ0n) is 13.7. The summed E-state index contributed by atoms with van der Waals surface area (Å²) in [5, 5.41) is 0. The first kappa shape index (κ1) is 15.3. The fourth-order valence-electron chi connectivity index (χ4n) is 3.25. The minimum Gasteiger partial charge on any atom is -0.324 e. The smallest absolute Gasteiger partial charge is 0.0231 e. The number of allylic oxidation sites excluding steroid dienone is 1. The van der Waals surface area contributed by atoms with E-state index in [1.165, 1.54) is 23.1 Å². The molecule has 0 amide bonds. The van der Waals surface area contributed by atoms with Crippen LogP contribution in [0.15, 0.2) is 35.9 Å². The molecule has 0 aromatic heterocycles. The molecule has 0 saturated heterocycles. The molecule has 0 fully saturated rings. The van der Waals surface area contributed by atoms with Crippen LogP contribution in [0.5, 0.6) is 0 Å². The predicted molar refractivity (Wildman–Crippen MR) is 87.9 cm³/mol. The van der Waals surface area contributed by atoms with Gasteiger partial charge in [0.25, 0.3) is 0 Å². The summed E-state index contributed by atoms with van der Waals surface area (Å²) >= 11 is 0. The highest BCUT2D eigenvalue weighted by Gasteiger charge is 2.26. The number of hydrogen-bond donors (Lipinski definition) is 1. The first-order chi connectivity index (χ1) is 9.16. The summed E-state index contributed by atoms with van der Waals surface area (Å²) in [6, 6.07) is 9.30. The Morgan fingerprint density at radius 2 is 1.75 bits per heavy atom. The van der Waals surface area contributed by atoms with Gasteiger partial charge in [-0.1, -0.05) is 70.5 Å². The van der Waals surface area contributed by atoms with Gasteiger partial charge in [-0.05, 0) is 41.2 Å². The van der Waals surface area contributed by atoms with Gasteiger partial charge < -0.3 is 5.73 Å². The van der Waals surface area contributed by atoms with Crippen molar-refractivity contribution in [1.29, 1.82) is 0 Å². The number of hydrogen-bond acceptors (Lipinski definition) is 1. The molecule has 0 radical (unpaired) electrons. The average Bonchev–Trinajstić information content (AvgIpc) is 2.25. The lowest BCUT2D eigenvalue weighted by atomic mass is 9.74. The molecule has 2 rings (SSSR count). The lowest BCUT2D eigenvalue weighted by Crippen LogP contribution is -2.31. The zero-order chi connectivity index (χ0) is 15.0. The normalized spacial score (nSPS) is 22.5. The average molecular weight is 271 g/mol. The second kappa shape index (κ2) is 5.37. The summed E-state index contributed by atoms with van der Waals surface area (Å²) in [4.78, 5) is 0. The van der Waals surface area contributed by atoms with Gasteiger partial charge in [-0.3, -0.25) is 0 Å². The topological polar surface area (TPSA) is 26.0 Å². The third-order valence-electron chi connectivity index (χ3n) is 4.19. The van der Waals surface area contributed by atoms with E-state index in [-0.39, 0.29) is 11.5 Å². The van der Waals surface area contributed by atoms with E-state index in [4.69, 9.17) is 5.73 Å². The van der Waals surface area contributed by atoms with Crippen molar-refractivity contribution < 1.29 is 0 Å². The molecule has 1 nitrogen and oxygen atoms in total. The molecule has 20 heavy (non-hydrogen) atoms. The minimum atomic E-state index is 0.225. The fourth-order valence-corrected chi connectivity index (χ4v) is 3.25. The Balaban J connectivity index is 2.11.